The minimum Gasteiger partial charge on any atom is -0.395 e. The van der Waals surface area contributed by atoms with Gasteiger partial charge in [0.25, 0.3) is 0 Å². The molecule has 3 N–H and O–H groups in total. The molecule has 1 unspecified atom stereocenters. The van der Waals surface area contributed by atoms with Gasteiger partial charge in [0, 0.05) is 23.4 Å². The van der Waals surface area contributed by atoms with E-state index in [1.165, 1.54) is 0 Å². The molecule has 1 saturated heterocycles. The van der Waals surface area contributed by atoms with Crippen LogP contribution in [0, 0.1) is 11.8 Å². The number of hydrogen-bond acceptors (Lipinski definition) is 3. The first-order chi connectivity index (χ1) is 10.1. The molecular weight excluding hydrogens is 292 g/mol. The second kappa shape index (κ2) is 7.11. The average molecular weight is 307 g/mol. The van der Waals surface area contributed by atoms with Crippen molar-refractivity contribution in [2.75, 3.05) is 11.9 Å². The van der Waals surface area contributed by atoms with Crippen molar-refractivity contribution < 1.29 is 14.7 Å². The molecule has 21 heavy (non-hydrogen) atoms. The second-order valence-electron chi connectivity index (χ2n) is 4.61. The highest BCUT2D eigenvalue weighted by Crippen LogP contribution is 2.21. The third-order valence-electron chi connectivity index (χ3n) is 3.01. The summed E-state index contributed by atoms with van der Waals surface area (Å²) in [6, 6.07) is 4.46. The van der Waals surface area contributed by atoms with Gasteiger partial charge in [-0.3, -0.25) is 9.59 Å². The molecule has 0 bridgehead atoms. The van der Waals surface area contributed by atoms with Crippen LogP contribution in [0.25, 0.3) is 0 Å². The number of aliphatic hydroxyl groups is 1. The first-order valence-corrected chi connectivity index (χ1v) is 6.97. The Morgan fingerprint density at radius 2 is 2.33 bits per heavy atom. The lowest BCUT2D eigenvalue weighted by Crippen LogP contribution is -2.37. The molecule has 0 aliphatic carbocycles. The Morgan fingerprint density at radius 3 is 3.00 bits per heavy atom. The molecule has 5 nitrogen and oxygen atoms in total. The van der Waals surface area contributed by atoms with Crippen LogP contribution in [0.15, 0.2) is 18.2 Å². The first kappa shape index (κ1) is 15.4. The molecule has 1 aromatic rings. The topological polar surface area (TPSA) is 78.4 Å². The van der Waals surface area contributed by atoms with E-state index in [0.717, 1.165) is 0 Å². The zero-order valence-corrected chi connectivity index (χ0v) is 12.0. The maximum Gasteiger partial charge on any atom is 0.246 e. The summed E-state index contributed by atoms with van der Waals surface area (Å²) >= 11 is 5.93. The normalized spacial score (nSPS) is 16.9. The number of halogens is 1. The smallest absolute Gasteiger partial charge is 0.246 e. The molecule has 2 amide bonds. The van der Waals surface area contributed by atoms with Crippen LogP contribution in [0.5, 0.6) is 0 Å². The number of amides is 2. The van der Waals surface area contributed by atoms with Crippen molar-refractivity contribution in [3.8, 4) is 11.8 Å². The summed E-state index contributed by atoms with van der Waals surface area (Å²) in [4.78, 5) is 23.2. The number of aliphatic hydroxyl groups excluding tert-OH is 1. The molecule has 1 aromatic carbocycles. The lowest BCUT2D eigenvalue weighted by molar-refractivity contribution is -0.122. The van der Waals surface area contributed by atoms with Gasteiger partial charge in [-0.05, 0) is 24.6 Å². The fourth-order valence-corrected chi connectivity index (χ4v) is 2.15. The predicted octanol–water partition coefficient (Wildman–Crippen LogP) is 1.29. The fourth-order valence-electron chi connectivity index (χ4n) is 1.97. The van der Waals surface area contributed by atoms with E-state index < -0.39 is 6.04 Å². The molecule has 0 radical (unpaired) electrons. The van der Waals surface area contributed by atoms with E-state index >= 15 is 0 Å². The quantitative estimate of drug-likeness (QED) is 0.736. The highest BCUT2D eigenvalue weighted by atomic mass is 35.5. The van der Waals surface area contributed by atoms with E-state index in [1.54, 1.807) is 18.2 Å². The molecule has 2 rings (SSSR count). The molecule has 1 aliphatic rings. The molecule has 0 saturated carbocycles. The average Bonchev–Trinajstić information content (AvgIpc) is 2.88. The van der Waals surface area contributed by atoms with E-state index in [4.69, 9.17) is 16.7 Å². The molecule has 110 valence electrons. The van der Waals surface area contributed by atoms with Gasteiger partial charge in [0.1, 0.15) is 6.04 Å². The second-order valence-corrected chi connectivity index (χ2v) is 5.05. The highest BCUT2D eigenvalue weighted by Gasteiger charge is 2.27. The highest BCUT2D eigenvalue weighted by molar-refractivity contribution is 6.30. The van der Waals surface area contributed by atoms with Gasteiger partial charge in [0.2, 0.25) is 11.8 Å². The van der Waals surface area contributed by atoms with E-state index in [-0.39, 0.29) is 18.4 Å². The number of hydrogen-bond donors (Lipinski definition) is 3. The number of rotatable bonds is 3. The van der Waals surface area contributed by atoms with E-state index in [2.05, 4.69) is 22.5 Å². The summed E-state index contributed by atoms with van der Waals surface area (Å²) in [6.45, 7) is -0.0244. The molecule has 1 atom stereocenters. The predicted molar refractivity (Wildman–Crippen MR) is 79.8 cm³/mol. The van der Waals surface area contributed by atoms with Crippen LogP contribution in [0.2, 0.25) is 5.02 Å². The van der Waals surface area contributed by atoms with Gasteiger partial charge in [-0.15, -0.1) is 0 Å². The van der Waals surface area contributed by atoms with Crippen LogP contribution in [0.3, 0.4) is 0 Å². The van der Waals surface area contributed by atoms with Crippen LogP contribution < -0.4 is 10.6 Å². The number of carbonyl (C=O) groups excluding carboxylic acids is 2. The minimum atomic E-state index is -0.508. The Hall–Kier alpha value is -2.03. The molecule has 1 aliphatic heterocycles. The minimum absolute atomic E-state index is 0.0244. The number of anilines is 1. The lowest BCUT2D eigenvalue weighted by atomic mass is 10.1. The van der Waals surface area contributed by atoms with Crippen molar-refractivity contribution >= 4 is 29.1 Å². The van der Waals surface area contributed by atoms with Crippen molar-refractivity contribution in [1.82, 2.24) is 5.32 Å². The molecule has 0 spiro atoms. The van der Waals surface area contributed by atoms with E-state index in [1.807, 2.05) is 0 Å². The van der Waals surface area contributed by atoms with Gasteiger partial charge in [0.05, 0.1) is 12.3 Å². The third kappa shape index (κ3) is 4.22. The number of nitrogens with one attached hydrogen (secondary N) is 2. The largest absolute Gasteiger partial charge is 0.395 e. The van der Waals surface area contributed by atoms with Gasteiger partial charge in [-0.2, -0.15) is 0 Å². The number of carbonyl (C=O) groups is 2. The van der Waals surface area contributed by atoms with Crippen molar-refractivity contribution in [3.05, 3.63) is 28.8 Å². The van der Waals surface area contributed by atoms with Crippen LogP contribution in [0.1, 0.15) is 24.8 Å². The monoisotopic (exact) mass is 306 g/mol. The first-order valence-electron chi connectivity index (χ1n) is 6.59. The summed E-state index contributed by atoms with van der Waals surface area (Å²) < 4.78 is 0. The number of benzene rings is 1. The summed E-state index contributed by atoms with van der Waals surface area (Å²) in [7, 11) is 0. The summed E-state index contributed by atoms with van der Waals surface area (Å²) in [5.74, 6) is 5.27. The summed E-state index contributed by atoms with van der Waals surface area (Å²) in [6.07, 6.45) is 1.20. The fraction of sp³-hybridized carbons (Fsp3) is 0.333. The molecule has 1 heterocycles. The maximum absolute atomic E-state index is 12.1. The van der Waals surface area contributed by atoms with E-state index in [9.17, 15) is 9.59 Å². The van der Waals surface area contributed by atoms with Gasteiger partial charge >= 0.3 is 0 Å². The maximum atomic E-state index is 12.1. The van der Waals surface area contributed by atoms with Crippen molar-refractivity contribution in [3.63, 3.8) is 0 Å². The third-order valence-corrected chi connectivity index (χ3v) is 3.25. The van der Waals surface area contributed by atoms with Crippen LogP contribution in [-0.4, -0.2) is 29.6 Å². The van der Waals surface area contributed by atoms with Gasteiger partial charge in [-0.25, -0.2) is 0 Å². The van der Waals surface area contributed by atoms with Gasteiger partial charge in [0.15, 0.2) is 0 Å². The van der Waals surface area contributed by atoms with Crippen molar-refractivity contribution in [1.29, 1.82) is 0 Å². The van der Waals surface area contributed by atoms with Crippen LogP contribution >= 0.6 is 11.6 Å². The Bertz CT molecular complexity index is 619. The Morgan fingerprint density at radius 1 is 1.52 bits per heavy atom. The van der Waals surface area contributed by atoms with Crippen LogP contribution in [0.4, 0.5) is 5.69 Å². The van der Waals surface area contributed by atoms with Gasteiger partial charge < -0.3 is 15.7 Å². The Labute approximate surface area is 127 Å². The van der Waals surface area contributed by atoms with Crippen molar-refractivity contribution in [2.24, 2.45) is 0 Å². The Kier molecular flexibility index (Phi) is 5.20. The zero-order valence-electron chi connectivity index (χ0n) is 11.3. The van der Waals surface area contributed by atoms with Crippen LogP contribution in [-0.2, 0) is 9.59 Å². The zero-order chi connectivity index (χ0) is 15.2. The van der Waals surface area contributed by atoms with E-state index in [0.29, 0.717) is 35.5 Å². The molecular formula is C15H15ClN2O3. The molecule has 1 fully saturated rings. The van der Waals surface area contributed by atoms with Gasteiger partial charge in [-0.1, -0.05) is 23.4 Å². The Balaban J connectivity index is 2.14. The molecule has 0 aromatic heterocycles. The summed E-state index contributed by atoms with van der Waals surface area (Å²) in [5, 5.41) is 14.6. The summed E-state index contributed by atoms with van der Waals surface area (Å²) in [5.41, 5.74) is 1.12. The SMILES string of the molecule is O=C1CCC(C(=O)Nc2ccc(Cl)cc2C#CCCO)N1. The molecule has 6 heteroatoms. The lowest BCUT2D eigenvalue weighted by Gasteiger charge is -2.12. The van der Waals surface area contributed by atoms with Crippen molar-refractivity contribution in [2.45, 2.75) is 25.3 Å². The standard InChI is InChI=1S/C15H15ClN2O3/c16-11-4-5-12(10(9-11)3-1-2-8-19)18-15(21)13-6-7-14(20)17-13/h4-5,9,13,19H,2,6-8H2,(H,17,20)(H,18,21).